The Morgan fingerprint density at radius 1 is 1.26 bits per heavy atom. The van der Waals surface area contributed by atoms with E-state index in [9.17, 15) is 13.6 Å². The molecule has 0 bridgehead atoms. The highest BCUT2D eigenvalue weighted by Gasteiger charge is 2.20. The molecule has 2 aromatic rings. The molecule has 8 heteroatoms. The molecule has 1 aromatic heterocycles. The van der Waals surface area contributed by atoms with Gasteiger partial charge in [-0.05, 0) is 46.6 Å². The monoisotopic (exact) mass is 438 g/mol. The van der Waals surface area contributed by atoms with E-state index in [1.165, 1.54) is 6.07 Å². The van der Waals surface area contributed by atoms with E-state index >= 15 is 0 Å². The zero-order valence-electron chi connectivity index (χ0n) is 15.0. The first kappa shape index (κ1) is 19.7. The number of halogens is 3. The topological polar surface area (TPSA) is 48.5 Å². The summed E-state index contributed by atoms with van der Waals surface area (Å²) in [4.78, 5) is 21.0. The summed E-state index contributed by atoms with van der Waals surface area (Å²) in [7, 11) is 0. The second-order valence-electron chi connectivity index (χ2n) is 6.33. The Bertz CT molecular complexity index is 827. The molecule has 2 heterocycles. The van der Waals surface area contributed by atoms with Gasteiger partial charge in [-0.15, -0.1) is 0 Å². The molecule has 0 unspecified atom stereocenters. The number of hydrogen-bond donors (Lipinski definition) is 1. The predicted octanol–water partition coefficient (Wildman–Crippen LogP) is 3.19. The van der Waals surface area contributed by atoms with Crippen LogP contribution in [0.2, 0.25) is 0 Å². The second-order valence-corrected chi connectivity index (χ2v) is 7.19. The van der Waals surface area contributed by atoms with Crippen molar-refractivity contribution in [1.82, 2.24) is 15.2 Å². The Morgan fingerprint density at radius 3 is 2.63 bits per heavy atom. The summed E-state index contributed by atoms with van der Waals surface area (Å²) in [5.74, 6) is -1.20. The third-order valence-electron chi connectivity index (χ3n) is 4.51. The number of carbonyl (C=O) groups is 1. The van der Waals surface area contributed by atoms with Crippen LogP contribution in [0.15, 0.2) is 34.9 Å². The quantitative estimate of drug-likeness (QED) is 0.778. The van der Waals surface area contributed by atoms with E-state index in [0.29, 0.717) is 17.7 Å². The van der Waals surface area contributed by atoms with Gasteiger partial charge in [0.05, 0.1) is 10.0 Å². The van der Waals surface area contributed by atoms with Gasteiger partial charge in [0.25, 0.3) is 5.91 Å². The molecule has 144 valence electrons. The fraction of sp³-hybridized carbons (Fsp3) is 0.368. The summed E-state index contributed by atoms with van der Waals surface area (Å²) in [5, 5.41) is 3.29. The number of nitrogens with one attached hydrogen (secondary N) is 1. The van der Waals surface area contributed by atoms with Gasteiger partial charge >= 0.3 is 0 Å². The second kappa shape index (κ2) is 8.75. The summed E-state index contributed by atoms with van der Waals surface area (Å²) in [6.07, 6.45) is 1.57. The third-order valence-corrected chi connectivity index (χ3v) is 5.10. The van der Waals surface area contributed by atoms with Crippen LogP contribution in [0.3, 0.4) is 0 Å². The number of benzene rings is 1. The molecule has 1 N–H and O–H groups in total. The number of anilines is 1. The van der Waals surface area contributed by atoms with Crippen molar-refractivity contribution >= 4 is 27.7 Å². The van der Waals surface area contributed by atoms with Crippen molar-refractivity contribution in [3.63, 3.8) is 0 Å². The molecule has 0 saturated carbocycles. The summed E-state index contributed by atoms with van der Waals surface area (Å²) < 4.78 is 27.3. The molecule has 3 rings (SSSR count). The summed E-state index contributed by atoms with van der Waals surface area (Å²) in [6.45, 7) is 5.99. The highest BCUT2D eigenvalue weighted by Crippen LogP contribution is 2.25. The zero-order chi connectivity index (χ0) is 19.4. The van der Waals surface area contributed by atoms with Crippen molar-refractivity contribution in [3.8, 4) is 0 Å². The van der Waals surface area contributed by atoms with E-state index in [1.807, 2.05) is 6.92 Å². The Morgan fingerprint density at radius 2 is 2.00 bits per heavy atom. The molecule has 1 saturated heterocycles. The fourth-order valence-corrected chi connectivity index (χ4v) is 3.62. The molecule has 1 aliphatic heterocycles. The van der Waals surface area contributed by atoms with Crippen LogP contribution in [-0.2, 0) is 6.54 Å². The maximum Gasteiger partial charge on any atom is 0.255 e. The predicted molar refractivity (Wildman–Crippen MR) is 104 cm³/mol. The molecule has 0 aliphatic carbocycles. The number of aromatic nitrogens is 1. The van der Waals surface area contributed by atoms with Crippen LogP contribution in [0, 0.1) is 11.6 Å². The van der Waals surface area contributed by atoms with E-state index in [4.69, 9.17) is 0 Å². The Kier molecular flexibility index (Phi) is 6.38. The van der Waals surface area contributed by atoms with Gasteiger partial charge in [0.2, 0.25) is 0 Å². The number of rotatable bonds is 5. The molecular formula is C19H21BrF2N4O. The van der Waals surface area contributed by atoms with Crippen molar-refractivity contribution in [2.75, 3.05) is 37.6 Å². The SMILES string of the molecule is CCN(Cc1ccc(F)c(F)c1)C(=O)c1cnc(N2CCNCC2)c(Br)c1. The number of piperazine rings is 1. The minimum atomic E-state index is -0.916. The van der Waals surface area contributed by atoms with Gasteiger partial charge in [0.1, 0.15) is 5.82 Å². The lowest BCUT2D eigenvalue weighted by atomic mass is 10.1. The zero-order valence-corrected chi connectivity index (χ0v) is 16.6. The molecule has 0 spiro atoms. The van der Waals surface area contributed by atoms with Gasteiger partial charge in [-0.3, -0.25) is 4.79 Å². The number of nitrogens with zero attached hydrogens (tertiary/aromatic N) is 3. The lowest BCUT2D eigenvalue weighted by molar-refractivity contribution is 0.0752. The molecule has 0 atom stereocenters. The van der Waals surface area contributed by atoms with E-state index in [1.54, 1.807) is 17.2 Å². The molecule has 1 aliphatic rings. The van der Waals surface area contributed by atoms with Crippen LogP contribution in [0.4, 0.5) is 14.6 Å². The van der Waals surface area contributed by atoms with Crippen molar-refractivity contribution in [2.45, 2.75) is 13.5 Å². The summed E-state index contributed by atoms with van der Waals surface area (Å²) >= 11 is 3.52. The van der Waals surface area contributed by atoms with Crippen LogP contribution in [0.25, 0.3) is 0 Å². The maximum atomic E-state index is 13.4. The van der Waals surface area contributed by atoms with Crippen molar-refractivity contribution in [1.29, 1.82) is 0 Å². The molecule has 1 amide bonds. The molecular weight excluding hydrogens is 418 g/mol. The first-order valence-corrected chi connectivity index (χ1v) is 9.63. The number of hydrogen-bond acceptors (Lipinski definition) is 4. The number of carbonyl (C=O) groups excluding carboxylic acids is 1. The smallest absolute Gasteiger partial charge is 0.255 e. The Hall–Kier alpha value is -2.06. The minimum Gasteiger partial charge on any atom is -0.353 e. The number of amides is 1. The summed E-state index contributed by atoms with van der Waals surface area (Å²) in [6, 6.07) is 5.44. The highest BCUT2D eigenvalue weighted by atomic mass is 79.9. The normalized spacial score (nSPS) is 14.3. The van der Waals surface area contributed by atoms with Crippen LogP contribution in [0.1, 0.15) is 22.8 Å². The van der Waals surface area contributed by atoms with E-state index in [2.05, 4.69) is 31.1 Å². The fourth-order valence-electron chi connectivity index (χ4n) is 3.03. The third kappa shape index (κ3) is 4.62. The van der Waals surface area contributed by atoms with Gasteiger partial charge in [0.15, 0.2) is 11.6 Å². The van der Waals surface area contributed by atoms with E-state index in [0.717, 1.165) is 48.6 Å². The van der Waals surface area contributed by atoms with Gasteiger partial charge < -0.3 is 15.1 Å². The average molecular weight is 439 g/mol. The van der Waals surface area contributed by atoms with Crippen molar-refractivity contribution < 1.29 is 13.6 Å². The molecule has 1 aromatic carbocycles. The van der Waals surface area contributed by atoms with Crippen LogP contribution < -0.4 is 10.2 Å². The van der Waals surface area contributed by atoms with Crippen LogP contribution in [-0.4, -0.2) is 48.5 Å². The van der Waals surface area contributed by atoms with E-state index < -0.39 is 11.6 Å². The first-order valence-electron chi connectivity index (χ1n) is 8.84. The van der Waals surface area contributed by atoms with Gasteiger partial charge in [-0.25, -0.2) is 13.8 Å². The lowest BCUT2D eigenvalue weighted by Gasteiger charge is -2.29. The standard InChI is InChI=1S/C19H21BrF2N4O/c1-2-25(12-13-3-4-16(21)17(22)9-13)19(27)14-10-15(20)18(24-11-14)26-7-5-23-6-8-26/h3-4,9-11,23H,2,5-8,12H2,1H3. The maximum absolute atomic E-state index is 13.4. The molecule has 0 radical (unpaired) electrons. The summed E-state index contributed by atoms with van der Waals surface area (Å²) in [5.41, 5.74) is 0.985. The van der Waals surface area contributed by atoms with Gasteiger partial charge in [-0.1, -0.05) is 6.07 Å². The average Bonchev–Trinajstić information content (AvgIpc) is 2.69. The molecule has 1 fully saturated rings. The van der Waals surface area contributed by atoms with Gasteiger partial charge in [-0.2, -0.15) is 0 Å². The molecule has 27 heavy (non-hydrogen) atoms. The van der Waals surface area contributed by atoms with E-state index in [-0.39, 0.29) is 12.5 Å². The largest absolute Gasteiger partial charge is 0.353 e. The van der Waals surface area contributed by atoms with Crippen LogP contribution >= 0.6 is 15.9 Å². The first-order chi connectivity index (χ1) is 13.0. The highest BCUT2D eigenvalue weighted by molar-refractivity contribution is 9.10. The lowest BCUT2D eigenvalue weighted by Crippen LogP contribution is -2.44. The Labute approximate surface area is 165 Å². The van der Waals surface area contributed by atoms with Crippen LogP contribution in [0.5, 0.6) is 0 Å². The van der Waals surface area contributed by atoms with Gasteiger partial charge in [0, 0.05) is 45.5 Å². The minimum absolute atomic E-state index is 0.198. The Balaban J connectivity index is 1.76. The van der Waals surface area contributed by atoms with Crippen molar-refractivity contribution in [3.05, 3.63) is 57.7 Å². The number of pyridine rings is 1. The van der Waals surface area contributed by atoms with Crippen molar-refractivity contribution in [2.24, 2.45) is 0 Å². The molecule has 5 nitrogen and oxygen atoms in total.